The number of aliphatic hydroxyl groups excluding tert-OH is 1. The van der Waals surface area contributed by atoms with E-state index in [0.29, 0.717) is 25.3 Å². The number of aliphatic hydroxyl groups is 1. The van der Waals surface area contributed by atoms with Crippen LogP contribution in [0.1, 0.15) is 40.5 Å². The summed E-state index contributed by atoms with van der Waals surface area (Å²) in [5.74, 6) is 0.403. The molecule has 4 nitrogen and oxygen atoms in total. The first kappa shape index (κ1) is 15.4. The highest BCUT2D eigenvalue weighted by Crippen LogP contribution is 2.09. The molecule has 0 aliphatic rings. The second kappa shape index (κ2) is 7.63. The maximum absolute atomic E-state index is 12.0. The summed E-state index contributed by atoms with van der Waals surface area (Å²) in [5.41, 5.74) is 5.89. The van der Waals surface area contributed by atoms with Crippen LogP contribution in [-0.2, 0) is 4.79 Å². The van der Waals surface area contributed by atoms with Gasteiger partial charge in [-0.15, -0.1) is 0 Å². The minimum absolute atomic E-state index is 0.0807. The van der Waals surface area contributed by atoms with Gasteiger partial charge < -0.3 is 15.7 Å². The van der Waals surface area contributed by atoms with Gasteiger partial charge in [-0.05, 0) is 26.2 Å². The molecule has 0 spiro atoms. The average Bonchev–Trinajstić information content (AvgIpc) is 2.17. The zero-order valence-electron chi connectivity index (χ0n) is 10.9. The Morgan fingerprint density at radius 1 is 1.31 bits per heavy atom. The molecule has 0 aliphatic carbocycles. The second-order valence-corrected chi connectivity index (χ2v) is 4.87. The van der Waals surface area contributed by atoms with Crippen LogP contribution in [0, 0.1) is 5.92 Å². The van der Waals surface area contributed by atoms with Crippen LogP contribution in [0.2, 0.25) is 0 Å². The van der Waals surface area contributed by atoms with Gasteiger partial charge in [0, 0.05) is 31.7 Å². The van der Waals surface area contributed by atoms with Crippen LogP contribution >= 0.6 is 0 Å². The minimum atomic E-state index is -0.0807. The number of nitrogens with two attached hydrogens (primary N) is 1. The molecule has 0 aliphatic heterocycles. The standard InChI is InChI=1S/C12H26N2O2/c1-9(2)11(13)8-12(16)14(10(3)4)6-5-7-15/h9-11,15H,5-8,13H2,1-4H3. The summed E-state index contributed by atoms with van der Waals surface area (Å²) in [6, 6.07) is 0.0845. The first-order chi connectivity index (χ1) is 7.40. The van der Waals surface area contributed by atoms with Gasteiger partial charge in [0.15, 0.2) is 0 Å². The number of rotatable bonds is 7. The third kappa shape index (κ3) is 5.47. The molecule has 1 unspecified atom stereocenters. The van der Waals surface area contributed by atoms with E-state index in [1.165, 1.54) is 0 Å². The Bertz CT molecular complexity index is 205. The highest BCUT2D eigenvalue weighted by molar-refractivity contribution is 5.77. The van der Waals surface area contributed by atoms with Crippen molar-refractivity contribution in [1.82, 2.24) is 4.90 Å². The topological polar surface area (TPSA) is 66.6 Å². The van der Waals surface area contributed by atoms with Crippen LogP contribution in [-0.4, -0.2) is 41.1 Å². The van der Waals surface area contributed by atoms with E-state index in [4.69, 9.17) is 10.8 Å². The van der Waals surface area contributed by atoms with Crippen molar-refractivity contribution in [3.05, 3.63) is 0 Å². The predicted molar refractivity (Wildman–Crippen MR) is 66.0 cm³/mol. The fourth-order valence-corrected chi connectivity index (χ4v) is 1.47. The van der Waals surface area contributed by atoms with Gasteiger partial charge in [-0.1, -0.05) is 13.8 Å². The maximum Gasteiger partial charge on any atom is 0.224 e. The Balaban J connectivity index is 4.27. The molecule has 4 heteroatoms. The normalized spacial score (nSPS) is 13.2. The van der Waals surface area contributed by atoms with E-state index in [1.54, 1.807) is 4.90 Å². The van der Waals surface area contributed by atoms with Gasteiger partial charge in [0.05, 0.1) is 0 Å². The molecular weight excluding hydrogens is 204 g/mol. The van der Waals surface area contributed by atoms with Gasteiger partial charge in [-0.2, -0.15) is 0 Å². The molecule has 0 saturated heterocycles. The van der Waals surface area contributed by atoms with E-state index in [-0.39, 0.29) is 24.6 Å². The van der Waals surface area contributed by atoms with Crippen molar-refractivity contribution < 1.29 is 9.90 Å². The number of carbonyl (C=O) groups excluding carboxylic acids is 1. The zero-order valence-corrected chi connectivity index (χ0v) is 10.9. The molecule has 16 heavy (non-hydrogen) atoms. The van der Waals surface area contributed by atoms with Gasteiger partial charge >= 0.3 is 0 Å². The van der Waals surface area contributed by atoms with Crippen LogP contribution < -0.4 is 5.73 Å². The van der Waals surface area contributed by atoms with Gasteiger partial charge in [-0.3, -0.25) is 4.79 Å². The van der Waals surface area contributed by atoms with Crippen molar-refractivity contribution in [2.75, 3.05) is 13.2 Å². The van der Waals surface area contributed by atoms with Gasteiger partial charge in [-0.25, -0.2) is 0 Å². The Labute approximate surface area is 98.8 Å². The average molecular weight is 230 g/mol. The van der Waals surface area contributed by atoms with Gasteiger partial charge in [0.25, 0.3) is 0 Å². The van der Waals surface area contributed by atoms with E-state index in [0.717, 1.165) is 0 Å². The first-order valence-electron chi connectivity index (χ1n) is 6.06. The third-order valence-electron chi connectivity index (χ3n) is 2.77. The van der Waals surface area contributed by atoms with Crippen molar-refractivity contribution in [1.29, 1.82) is 0 Å². The van der Waals surface area contributed by atoms with Crippen LogP contribution in [0.3, 0.4) is 0 Å². The monoisotopic (exact) mass is 230 g/mol. The van der Waals surface area contributed by atoms with Crippen molar-refractivity contribution in [2.24, 2.45) is 11.7 Å². The Kier molecular flexibility index (Phi) is 7.34. The van der Waals surface area contributed by atoms with Crippen molar-refractivity contribution >= 4 is 5.91 Å². The molecule has 0 aromatic rings. The SMILES string of the molecule is CC(C)C(N)CC(=O)N(CCCO)C(C)C. The predicted octanol–water partition coefficient (Wildman–Crippen LogP) is 0.979. The lowest BCUT2D eigenvalue weighted by atomic mass is 10.0. The lowest BCUT2D eigenvalue weighted by molar-refractivity contribution is -0.133. The van der Waals surface area contributed by atoms with E-state index in [2.05, 4.69) is 0 Å². The molecule has 0 saturated carbocycles. The van der Waals surface area contributed by atoms with Crippen LogP contribution in [0.15, 0.2) is 0 Å². The van der Waals surface area contributed by atoms with Gasteiger partial charge in [0.2, 0.25) is 5.91 Å². The summed E-state index contributed by atoms with van der Waals surface area (Å²) in [6.45, 7) is 8.73. The number of hydrogen-bond acceptors (Lipinski definition) is 3. The highest BCUT2D eigenvalue weighted by atomic mass is 16.3. The summed E-state index contributed by atoms with van der Waals surface area (Å²) in [6.07, 6.45) is 1.02. The molecule has 0 bridgehead atoms. The lowest BCUT2D eigenvalue weighted by Crippen LogP contribution is -2.42. The van der Waals surface area contributed by atoms with E-state index >= 15 is 0 Å². The number of hydrogen-bond donors (Lipinski definition) is 2. The quantitative estimate of drug-likeness (QED) is 0.685. The van der Waals surface area contributed by atoms with Crippen LogP contribution in [0.5, 0.6) is 0 Å². The molecule has 0 rings (SSSR count). The molecular formula is C12H26N2O2. The maximum atomic E-state index is 12.0. The smallest absolute Gasteiger partial charge is 0.224 e. The minimum Gasteiger partial charge on any atom is -0.396 e. The van der Waals surface area contributed by atoms with Crippen molar-refractivity contribution in [3.8, 4) is 0 Å². The second-order valence-electron chi connectivity index (χ2n) is 4.87. The molecule has 1 atom stereocenters. The van der Waals surface area contributed by atoms with Crippen molar-refractivity contribution in [2.45, 2.75) is 52.6 Å². The molecule has 0 aromatic carbocycles. The Hall–Kier alpha value is -0.610. The Morgan fingerprint density at radius 3 is 2.25 bits per heavy atom. The van der Waals surface area contributed by atoms with E-state index in [1.807, 2.05) is 27.7 Å². The third-order valence-corrected chi connectivity index (χ3v) is 2.77. The fourth-order valence-electron chi connectivity index (χ4n) is 1.47. The fraction of sp³-hybridized carbons (Fsp3) is 0.917. The summed E-state index contributed by atoms with van der Waals surface area (Å²) >= 11 is 0. The molecule has 0 heterocycles. The number of amides is 1. The summed E-state index contributed by atoms with van der Waals surface area (Å²) < 4.78 is 0. The molecule has 0 radical (unpaired) electrons. The van der Waals surface area contributed by atoms with Crippen LogP contribution in [0.25, 0.3) is 0 Å². The van der Waals surface area contributed by atoms with Gasteiger partial charge in [0.1, 0.15) is 0 Å². The summed E-state index contributed by atoms with van der Waals surface area (Å²) in [4.78, 5) is 13.8. The van der Waals surface area contributed by atoms with E-state index < -0.39 is 0 Å². The largest absolute Gasteiger partial charge is 0.396 e. The Morgan fingerprint density at radius 2 is 1.88 bits per heavy atom. The first-order valence-corrected chi connectivity index (χ1v) is 6.06. The number of nitrogens with zero attached hydrogens (tertiary/aromatic N) is 1. The van der Waals surface area contributed by atoms with Crippen LogP contribution in [0.4, 0.5) is 0 Å². The summed E-state index contributed by atoms with van der Waals surface area (Å²) in [7, 11) is 0. The van der Waals surface area contributed by atoms with Crippen molar-refractivity contribution in [3.63, 3.8) is 0 Å². The zero-order chi connectivity index (χ0) is 12.7. The molecule has 0 fully saturated rings. The molecule has 3 N–H and O–H groups in total. The molecule has 1 amide bonds. The molecule has 96 valence electrons. The van der Waals surface area contributed by atoms with E-state index in [9.17, 15) is 4.79 Å². The highest BCUT2D eigenvalue weighted by Gasteiger charge is 2.20. The summed E-state index contributed by atoms with van der Waals surface area (Å²) in [5, 5.41) is 8.79. The number of carbonyl (C=O) groups is 1. The lowest BCUT2D eigenvalue weighted by Gasteiger charge is -2.28. The molecule has 0 aromatic heterocycles.